The summed E-state index contributed by atoms with van der Waals surface area (Å²) in [5.41, 5.74) is -0.257. The minimum atomic E-state index is -3.77. The largest absolute Gasteiger partial charge is 0.369 e. The van der Waals surface area contributed by atoms with E-state index < -0.39 is 26.4 Å². The third-order valence-corrected chi connectivity index (χ3v) is 8.75. The highest BCUT2D eigenvalue weighted by atomic mass is 79.9. The minimum absolute atomic E-state index is 0.0912. The normalized spacial score (nSPS) is 15.0. The molecular formula is C23H36Br2N4O5S. The molecule has 0 unspecified atom stereocenters. The van der Waals surface area contributed by atoms with Crippen LogP contribution in [0.25, 0.3) is 0 Å². The van der Waals surface area contributed by atoms with E-state index in [-0.39, 0.29) is 16.2 Å². The lowest BCUT2D eigenvalue weighted by atomic mass is 10.1. The van der Waals surface area contributed by atoms with Crippen molar-refractivity contribution in [2.75, 3.05) is 67.6 Å². The summed E-state index contributed by atoms with van der Waals surface area (Å²) in [6.45, 7) is 5.94. The zero-order chi connectivity index (χ0) is 26.0. The third kappa shape index (κ3) is 8.40. The number of likely N-dealkylation sites (tertiary alicyclic amines) is 1. The van der Waals surface area contributed by atoms with Gasteiger partial charge in [-0.2, -0.15) is 0 Å². The fraction of sp³-hybridized carbons (Fsp3) is 0.696. The van der Waals surface area contributed by atoms with E-state index >= 15 is 0 Å². The van der Waals surface area contributed by atoms with Gasteiger partial charge >= 0.3 is 0 Å². The molecule has 1 fully saturated rings. The van der Waals surface area contributed by atoms with Gasteiger partial charge in [0.15, 0.2) is 9.84 Å². The lowest BCUT2D eigenvalue weighted by Crippen LogP contribution is -2.33. The van der Waals surface area contributed by atoms with Gasteiger partial charge in [-0.1, -0.05) is 51.6 Å². The SMILES string of the molecule is CCS(=O)(=O)c1cc([N+](=O)[O-])c(C(=O)N(C)CCCN2CCCCCC2)cc1N(CCBr)CCBr. The molecule has 0 aromatic heterocycles. The molecular weight excluding hydrogens is 604 g/mol. The van der Waals surface area contributed by atoms with E-state index in [2.05, 4.69) is 36.8 Å². The van der Waals surface area contributed by atoms with Crippen LogP contribution >= 0.6 is 31.9 Å². The molecule has 0 bridgehead atoms. The summed E-state index contributed by atoms with van der Waals surface area (Å²) < 4.78 is 25.7. The molecule has 1 aliphatic rings. The Bertz CT molecular complexity index is 963. The van der Waals surface area contributed by atoms with Gasteiger partial charge < -0.3 is 14.7 Å². The Morgan fingerprint density at radius 3 is 2.20 bits per heavy atom. The molecule has 0 spiro atoms. The fourth-order valence-corrected chi connectivity index (χ4v) is 6.25. The quantitative estimate of drug-likeness (QED) is 0.180. The van der Waals surface area contributed by atoms with Gasteiger partial charge in [-0.15, -0.1) is 0 Å². The first-order valence-electron chi connectivity index (χ1n) is 12.1. The molecule has 1 aliphatic heterocycles. The van der Waals surface area contributed by atoms with Gasteiger partial charge in [-0.3, -0.25) is 14.9 Å². The first-order chi connectivity index (χ1) is 16.7. The van der Waals surface area contributed by atoms with Crippen LogP contribution in [0.4, 0.5) is 11.4 Å². The number of halogens is 2. The third-order valence-electron chi connectivity index (χ3n) is 6.28. The van der Waals surface area contributed by atoms with E-state index in [0.717, 1.165) is 32.1 Å². The lowest BCUT2D eigenvalue weighted by Gasteiger charge is -2.27. The van der Waals surface area contributed by atoms with Crippen LogP contribution in [0.1, 0.15) is 49.4 Å². The van der Waals surface area contributed by atoms with Crippen LogP contribution in [0.15, 0.2) is 17.0 Å². The molecule has 198 valence electrons. The van der Waals surface area contributed by atoms with E-state index in [9.17, 15) is 23.3 Å². The summed E-state index contributed by atoms with van der Waals surface area (Å²) in [5, 5.41) is 13.1. The van der Waals surface area contributed by atoms with Crippen LogP contribution in [0.5, 0.6) is 0 Å². The topological polar surface area (TPSA) is 104 Å². The molecule has 0 atom stereocenters. The maximum absolute atomic E-state index is 13.3. The Balaban J connectivity index is 2.38. The van der Waals surface area contributed by atoms with Gasteiger partial charge in [-0.25, -0.2) is 8.42 Å². The molecule has 1 aromatic carbocycles. The van der Waals surface area contributed by atoms with Crippen LogP contribution in [-0.4, -0.2) is 91.8 Å². The van der Waals surface area contributed by atoms with Crippen LogP contribution in [0, 0.1) is 10.1 Å². The number of hydrogen-bond acceptors (Lipinski definition) is 7. The van der Waals surface area contributed by atoms with Crippen LogP contribution in [0.2, 0.25) is 0 Å². The van der Waals surface area contributed by atoms with Crippen molar-refractivity contribution in [3.8, 4) is 0 Å². The molecule has 0 aliphatic carbocycles. The number of alkyl halides is 2. The molecule has 2 rings (SSSR count). The fourth-order valence-electron chi connectivity index (χ4n) is 4.29. The average molecular weight is 640 g/mol. The maximum Gasteiger partial charge on any atom is 0.283 e. The van der Waals surface area contributed by atoms with Crippen molar-refractivity contribution in [1.29, 1.82) is 0 Å². The van der Waals surface area contributed by atoms with Gasteiger partial charge in [0.25, 0.3) is 11.6 Å². The Morgan fingerprint density at radius 1 is 1.09 bits per heavy atom. The number of nitro groups is 1. The monoisotopic (exact) mass is 638 g/mol. The molecule has 0 radical (unpaired) electrons. The number of nitrogens with zero attached hydrogens (tertiary/aromatic N) is 4. The number of anilines is 1. The number of amides is 1. The predicted molar refractivity (Wildman–Crippen MR) is 147 cm³/mol. The molecule has 1 saturated heterocycles. The number of hydrogen-bond donors (Lipinski definition) is 0. The first kappa shape index (κ1) is 30.0. The van der Waals surface area contributed by atoms with Crippen molar-refractivity contribution >= 4 is 59.0 Å². The summed E-state index contributed by atoms with van der Waals surface area (Å²) in [4.78, 5) is 30.2. The molecule has 1 aromatic rings. The number of rotatable bonds is 13. The van der Waals surface area contributed by atoms with Crippen molar-refractivity contribution in [2.24, 2.45) is 0 Å². The number of benzene rings is 1. The molecule has 1 amide bonds. The summed E-state index contributed by atoms with van der Waals surface area (Å²) in [7, 11) is -2.13. The second-order valence-corrected chi connectivity index (χ2v) is 12.5. The highest BCUT2D eigenvalue weighted by molar-refractivity contribution is 9.09. The minimum Gasteiger partial charge on any atom is -0.369 e. The molecule has 0 saturated carbocycles. The van der Waals surface area contributed by atoms with Gasteiger partial charge in [0.2, 0.25) is 0 Å². The van der Waals surface area contributed by atoms with E-state index in [0.29, 0.717) is 36.0 Å². The van der Waals surface area contributed by atoms with E-state index in [4.69, 9.17) is 0 Å². The van der Waals surface area contributed by atoms with Gasteiger partial charge in [0.1, 0.15) is 5.56 Å². The molecule has 35 heavy (non-hydrogen) atoms. The second-order valence-electron chi connectivity index (χ2n) is 8.70. The average Bonchev–Trinajstić information content (AvgIpc) is 3.11. The first-order valence-corrected chi connectivity index (χ1v) is 16.0. The van der Waals surface area contributed by atoms with Crippen molar-refractivity contribution in [3.05, 3.63) is 27.8 Å². The smallest absolute Gasteiger partial charge is 0.283 e. The van der Waals surface area contributed by atoms with E-state index in [1.165, 1.54) is 43.6 Å². The number of carbonyl (C=O) groups is 1. The lowest BCUT2D eigenvalue weighted by molar-refractivity contribution is -0.385. The summed E-state index contributed by atoms with van der Waals surface area (Å²) in [5.74, 6) is -0.677. The van der Waals surface area contributed by atoms with Gasteiger partial charge in [-0.05, 0) is 45.0 Å². The molecule has 1 heterocycles. The summed E-state index contributed by atoms with van der Waals surface area (Å²) in [6.07, 6.45) is 5.66. The number of nitro benzene ring substituents is 1. The van der Waals surface area contributed by atoms with Gasteiger partial charge in [0, 0.05) is 43.4 Å². The van der Waals surface area contributed by atoms with Crippen LogP contribution < -0.4 is 4.90 Å². The highest BCUT2D eigenvalue weighted by Crippen LogP contribution is 2.34. The summed E-state index contributed by atoms with van der Waals surface area (Å²) >= 11 is 6.78. The Kier molecular flexibility index (Phi) is 12.4. The summed E-state index contributed by atoms with van der Waals surface area (Å²) in [6, 6.07) is 2.45. The molecule has 9 nitrogen and oxygen atoms in total. The zero-order valence-corrected chi connectivity index (χ0v) is 24.5. The number of sulfone groups is 1. The molecule has 0 N–H and O–H groups in total. The Morgan fingerprint density at radius 2 is 1.69 bits per heavy atom. The Hall–Kier alpha value is -1.24. The Labute approximate surface area is 225 Å². The predicted octanol–water partition coefficient (Wildman–Crippen LogP) is 4.32. The van der Waals surface area contributed by atoms with Crippen molar-refractivity contribution < 1.29 is 18.1 Å². The highest BCUT2D eigenvalue weighted by Gasteiger charge is 2.31. The maximum atomic E-state index is 13.3. The molecule has 12 heteroatoms. The van der Waals surface area contributed by atoms with E-state index in [1.54, 1.807) is 7.05 Å². The second kappa shape index (κ2) is 14.5. The van der Waals surface area contributed by atoms with Crippen LogP contribution in [0.3, 0.4) is 0 Å². The van der Waals surface area contributed by atoms with Crippen molar-refractivity contribution in [1.82, 2.24) is 9.80 Å². The van der Waals surface area contributed by atoms with Gasteiger partial charge in [0.05, 0.1) is 21.3 Å². The van der Waals surface area contributed by atoms with Crippen molar-refractivity contribution in [2.45, 2.75) is 43.9 Å². The zero-order valence-electron chi connectivity index (χ0n) is 20.5. The van der Waals surface area contributed by atoms with E-state index in [1.807, 2.05) is 4.90 Å². The van der Waals surface area contributed by atoms with Crippen molar-refractivity contribution in [3.63, 3.8) is 0 Å². The van der Waals surface area contributed by atoms with Crippen LogP contribution in [-0.2, 0) is 9.84 Å². The standard InChI is InChI=1S/C23H36Br2N4O5S/c1-3-35(33,34)22-18-20(29(31)32)19(17-21(22)28(15-9-24)16-10-25)23(30)26(2)11-8-14-27-12-6-4-5-7-13-27/h17-18H,3-16H2,1-2H3. The number of carbonyl (C=O) groups excluding carboxylic acids is 1.